The summed E-state index contributed by atoms with van der Waals surface area (Å²) in [5.74, 6) is -0.0991. The van der Waals surface area contributed by atoms with E-state index in [4.69, 9.17) is 0 Å². The molecule has 0 fully saturated rings. The summed E-state index contributed by atoms with van der Waals surface area (Å²) >= 11 is 0. The summed E-state index contributed by atoms with van der Waals surface area (Å²) in [5, 5.41) is 0. The van der Waals surface area contributed by atoms with Gasteiger partial charge in [-0.25, -0.2) is 0 Å². The number of H-pyrrole nitrogens is 1. The fourth-order valence-electron chi connectivity index (χ4n) is 1.08. The number of hydrogen-bond donors (Lipinski definition) is 1. The molecule has 0 radical (unpaired) electrons. The van der Waals surface area contributed by atoms with Gasteiger partial charge in [-0.1, -0.05) is 0 Å². The first-order valence-electron chi connectivity index (χ1n) is 3.71. The van der Waals surface area contributed by atoms with Gasteiger partial charge in [-0.15, -0.1) is 0 Å². The van der Waals surface area contributed by atoms with Crippen LogP contribution in [0, 0.1) is 6.92 Å². The van der Waals surface area contributed by atoms with Gasteiger partial charge in [0.2, 0.25) is 5.43 Å². The van der Waals surface area contributed by atoms with Crippen LogP contribution in [0.5, 0.6) is 5.75 Å². The minimum Gasteiger partial charge on any atom is -0.491 e. The van der Waals surface area contributed by atoms with Gasteiger partial charge >= 0.3 is 6.18 Å². The highest BCUT2D eigenvalue weighted by atomic mass is 19.4. The van der Waals surface area contributed by atoms with Crippen LogP contribution < -0.4 is 10.2 Å². The largest absolute Gasteiger partial charge is 0.491 e. The maximum atomic E-state index is 12.2. The van der Waals surface area contributed by atoms with Gasteiger partial charge in [-0.05, 0) is 6.92 Å². The molecule has 1 rings (SSSR count). The van der Waals surface area contributed by atoms with Crippen LogP contribution in [0.1, 0.15) is 11.4 Å². The second-order valence-corrected chi connectivity index (χ2v) is 2.70. The number of hydrogen-bond acceptors (Lipinski definition) is 2. The number of aromatic amines is 1. The highest BCUT2D eigenvalue weighted by Crippen LogP contribution is 2.27. The van der Waals surface area contributed by atoms with Gasteiger partial charge < -0.3 is 9.72 Å². The topological polar surface area (TPSA) is 42.1 Å². The molecule has 1 aromatic heterocycles. The molecule has 0 amide bonds. The molecule has 0 atom stereocenters. The number of methoxy groups -OCH3 is 1. The third-order valence-electron chi connectivity index (χ3n) is 1.67. The minimum absolute atomic E-state index is 0.0623. The van der Waals surface area contributed by atoms with Gasteiger partial charge in [0.15, 0.2) is 5.75 Å². The number of aromatic nitrogens is 1. The Hall–Kier alpha value is -1.46. The smallest absolute Gasteiger partial charge is 0.431 e. The average Bonchev–Trinajstić information content (AvgIpc) is 2.01. The molecule has 0 saturated heterocycles. The number of nitrogens with one attached hydrogen (secondary N) is 1. The molecule has 1 N–H and O–H groups in total. The summed E-state index contributed by atoms with van der Waals surface area (Å²) in [5.41, 5.74) is -1.79. The van der Waals surface area contributed by atoms with Crippen molar-refractivity contribution in [1.29, 1.82) is 0 Å². The summed E-state index contributed by atoms with van der Waals surface area (Å²) in [6, 6.07) is 0.478. The summed E-state index contributed by atoms with van der Waals surface area (Å²) in [6.45, 7) is 1.34. The standard InChI is InChI=1S/C8H8F3NO2/c1-4-7(14-2)5(13)3-6(12-4)8(9,10)11/h3H,1-2H3,(H,12,13). The van der Waals surface area contributed by atoms with Crippen molar-refractivity contribution in [1.82, 2.24) is 4.98 Å². The summed E-state index contributed by atoms with van der Waals surface area (Å²) in [4.78, 5) is 13.2. The lowest BCUT2D eigenvalue weighted by molar-refractivity contribution is -0.141. The Kier molecular flexibility index (Phi) is 2.55. The molecular formula is C8H8F3NO2. The molecule has 1 aromatic rings. The van der Waals surface area contributed by atoms with E-state index in [0.29, 0.717) is 6.07 Å². The van der Waals surface area contributed by atoms with Crippen molar-refractivity contribution >= 4 is 0 Å². The fourth-order valence-corrected chi connectivity index (χ4v) is 1.08. The zero-order valence-electron chi connectivity index (χ0n) is 7.53. The van der Waals surface area contributed by atoms with Crippen LogP contribution >= 0.6 is 0 Å². The first kappa shape index (κ1) is 10.6. The van der Waals surface area contributed by atoms with Gasteiger partial charge in [0.25, 0.3) is 0 Å². The predicted molar refractivity (Wildman–Crippen MR) is 43.4 cm³/mol. The molecule has 78 valence electrons. The summed E-state index contributed by atoms with van der Waals surface area (Å²) in [7, 11) is 1.23. The first-order chi connectivity index (χ1) is 6.36. The lowest BCUT2D eigenvalue weighted by Crippen LogP contribution is -2.16. The molecule has 0 aliphatic carbocycles. The molecule has 0 aliphatic heterocycles. The molecule has 0 aliphatic rings. The molecule has 0 unspecified atom stereocenters. The molecule has 0 spiro atoms. The molecular weight excluding hydrogens is 199 g/mol. The van der Waals surface area contributed by atoms with Gasteiger partial charge in [-0.3, -0.25) is 4.79 Å². The Labute approximate surface area is 77.5 Å². The van der Waals surface area contributed by atoms with E-state index in [2.05, 4.69) is 9.72 Å². The van der Waals surface area contributed by atoms with Crippen molar-refractivity contribution in [3.8, 4) is 5.75 Å². The Morgan fingerprint density at radius 1 is 1.43 bits per heavy atom. The van der Waals surface area contributed by atoms with E-state index < -0.39 is 17.3 Å². The van der Waals surface area contributed by atoms with E-state index in [9.17, 15) is 18.0 Å². The number of halogens is 3. The monoisotopic (exact) mass is 207 g/mol. The zero-order chi connectivity index (χ0) is 10.9. The quantitative estimate of drug-likeness (QED) is 0.761. The van der Waals surface area contributed by atoms with Gasteiger partial charge in [0.05, 0.1) is 12.8 Å². The highest BCUT2D eigenvalue weighted by Gasteiger charge is 2.32. The van der Waals surface area contributed by atoms with Crippen molar-refractivity contribution in [3.05, 3.63) is 27.7 Å². The molecule has 3 nitrogen and oxygen atoms in total. The maximum absolute atomic E-state index is 12.2. The van der Waals surface area contributed by atoms with E-state index in [1.54, 1.807) is 0 Å². The number of pyridine rings is 1. The van der Waals surface area contributed by atoms with Crippen molar-refractivity contribution in [2.75, 3.05) is 7.11 Å². The van der Waals surface area contributed by atoms with E-state index in [1.165, 1.54) is 14.0 Å². The van der Waals surface area contributed by atoms with Crippen LogP contribution in [0.25, 0.3) is 0 Å². The normalized spacial score (nSPS) is 11.5. The van der Waals surface area contributed by atoms with Gasteiger partial charge in [0.1, 0.15) is 5.69 Å². The van der Waals surface area contributed by atoms with Crippen molar-refractivity contribution in [2.45, 2.75) is 13.1 Å². The third-order valence-corrected chi connectivity index (χ3v) is 1.67. The average molecular weight is 207 g/mol. The van der Waals surface area contributed by atoms with Gasteiger partial charge in [0, 0.05) is 6.07 Å². The zero-order valence-corrected chi connectivity index (χ0v) is 7.53. The van der Waals surface area contributed by atoms with Crippen LogP contribution in [0.15, 0.2) is 10.9 Å². The van der Waals surface area contributed by atoms with Crippen LogP contribution in [-0.4, -0.2) is 12.1 Å². The predicted octanol–water partition coefficient (Wildman–Crippen LogP) is 1.71. The molecule has 0 aromatic carbocycles. The Balaban J connectivity index is 3.36. The number of aryl methyl sites for hydroxylation is 1. The summed E-state index contributed by atoms with van der Waals surface area (Å²) in [6.07, 6.45) is -4.55. The van der Waals surface area contributed by atoms with Crippen molar-refractivity contribution in [3.63, 3.8) is 0 Å². The van der Waals surface area contributed by atoms with Crippen LogP contribution in [0.3, 0.4) is 0 Å². The van der Waals surface area contributed by atoms with E-state index in [1.807, 2.05) is 0 Å². The van der Waals surface area contributed by atoms with Crippen molar-refractivity contribution in [2.24, 2.45) is 0 Å². The van der Waals surface area contributed by atoms with E-state index >= 15 is 0 Å². The number of rotatable bonds is 1. The Morgan fingerprint density at radius 3 is 2.36 bits per heavy atom. The molecule has 1 heterocycles. The van der Waals surface area contributed by atoms with Crippen molar-refractivity contribution < 1.29 is 17.9 Å². The van der Waals surface area contributed by atoms with E-state index in [-0.39, 0.29) is 11.4 Å². The second-order valence-electron chi connectivity index (χ2n) is 2.70. The molecule has 0 saturated carbocycles. The third kappa shape index (κ3) is 1.89. The fraction of sp³-hybridized carbons (Fsp3) is 0.375. The molecule has 0 bridgehead atoms. The van der Waals surface area contributed by atoms with Gasteiger partial charge in [-0.2, -0.15) is 13.2 Å². The minimum atomic E-state index is -4.55. The molecule has 14 heavy (non-hydrogen) atoms. The van der Waals surface area contributed by atoms with Crippen LogP contribution in [0.4, 0.5) is 13.2 Å². The highest BCUT2D eigenvalue weighted by molar-refractivity contribution is 5.29. The summed E-state index contributed by atoms with van der Waals surface area (Å²) < 4.78 is 41.2. The Morgan fingerprint density at radius 2 is 2.00 bits per heavy atom. The van der Waals surface area contributed by atoms with Crippen LogP contribution in [0.2, 0.25) is 0 Å². The lowest BCUT2D eigenvalue weighted by Gasteiger charge is -2.09. The molecule has 6 heteroatoms. The maximum Gasteiger partial charge on any atom is 0.431 e. The number of ether oxygens (including phenoxy) is 1. The SMILES string of the molecule is COc1c(C)[nH]c(C(F)(F)F)cc1=O. The first-order valence-corrected chi connectivity index (χ1v) is 3.71. The van der Waals surface area contributed by atoms with E-state index in [0.717, 1.165) is 0 Å². The van der Waals surface area contributed by atoms with Crippen LogP contribution in [-0.2, 0) is 6.18 Å². The Bertz CT molecular complexity index is 395. The number of alkyl halides is 3. The second kappa shape index (κ2) is 3.36. The lowest BCUT2D eigenvalue weighted by atomic mass is 10.2.